The molecule has 1 N–H and O–H groups in total. The second-order valence-electron chi connectivity index (χ2n) is 8.14. The summed E-state index contributed by atoms with van der Waals surface area (Å²) in [6.07, 6.45) is 4.54. The Bertz CT molecular complexity index is 1190. The van der Waals surface area contributed by atoms with Crippen molar-refractivity contribution in [2.45, 2.75) is 63.4 Å². The average molecular weight is 451 g/mol. The highest BCUT2D eigenvalue weighted by molar-refractivity contribution is 7.89. The highest BCUT2D eigenvalue weighted by Gasteiger charge is 2.22. The van der Waals surface area contributed by atoms with Crippen LogP contribution in [0, 0.1) is 0 Å². The normalized spacial score (nSPS) is 16.3. The van der Waals surface area contributed by atoms with Gasteiger partial charge in [0.05, 0.1) is 15.8 Å². The monoisotopic (exact) mass is 450 g/mol. The van der Waals surface area contributed by atoms with Gasteiger partial charge in [-0.05, 0) is 44.4 Å². The van der Waals surface area contributed by atoms with Crippen molar-refractivity contribution in [2.24, 2.45) is 7.05 Å². The first-order valence-corrected chi connectivity index (χ1v) is 12.2. The van der Waals surface area contributed by atoms with E-state index in [4.69, 9.17) is 0 Å². The third kappa shape index (κ3) is 4.90. The van der Waals surface area contributed by atoms with Gasteiger partial charge in [0.15, 0.2) is 0 Å². The van der Waals surface area contributed by atoms with Crippen LogP contribution in [-0.2, 0) is 28.4 Å². The van der Waals surface area contributed by atoms with Crippen molar-refractivity contribution in [2.75, 3.05) is 13.1 Å². The highest BCUT2D eigenvalue weighted by atomic mass is 32.2. The number of hydrogen-bond acceptors (Lipinski definition) is 5. The third-order valence-corrected chi connectivity index (χ3v) is 7.44. The second kappa shape index (κ2) is 9.35. The number of nitrogens with zero attached hydrogens (tertiary/aromatic N) is 3. The Balaban J connectivity index is 2.04. The second-order valence-corrected chi connectivity index (χ2v) is 9.85. The molecule has 1 aromatic carbocycles. The standard InChI is InChI=1S/C21H30N4O5S/c1-4-15(2)22-31(29,30)16-9-10-18-17(13-16)20(27)25(21(28)23(18)3)14-19(26)24-11-7-5-6-8-12-24/h9-10,13,15,22H,4-8,11-12,14H2,1-3H3/t15-/m0/s1. The number of likely N-dealkylation sites (tertiary alicyclic amines) is 1. The zero-order valence-corrected chi connectivity index (χ0v) is 19.1. The Labute approximate surface area is 181 Å². The Morgan fingerprint density at radius 3 is 2.39 bits per heavy atom. The molecule has 0 unspecified atom stereocenters. The largest absolute Gasteiger partial charge is 0.341 e. The minimum atomic E-state index is -3.82. The fourth-order valence-electron chi connectivity index (χ4n) is 3.77. The van der Waals surface area contributed by atoms with Crippen LogP contribution in [0.2, 0.25) is 0 Å². The van der Waals surface area contributed by atoms with E-state index in [0.29, 0.717) is 25.0 Å². The number of nitrogens with one attached hydrogen (secondary N) is 1. The van der Waals surface area contributed by atoms with Crippen LogP contribution >= 0.6 is 0 Å². The summed E-state index contributed by atoms with van der Waals surface area (Å²) in [4.78, 5) is 40.3. The molecule has 1 aliphatic heterocycles. The lowest BCUT2D eigenvalue weighted by molar-refractivity contribution is -0.131. The van der Waals surface area contributed by atoms with Gasteiger partial charge in [-0.1, -0.05) is 19.8 Å². The van der Waals surface area contributed by atoms with Crippen molar-refractivity contribution in [3.8, 4) is 0 Å². The Morgan fingerprint density at radius 2 is 1.77 bits per heavy atom. The molecule has 1 atom stereocenters. The van der Waals surface area contributed by atoms with E-state index in [9.17, 15) is 22.8 Å². The SMILES string of the molecule is CC[C@H](C)NS(=O)(=O)c1ccc2c(c1)c(=O)n(CC(=O)N1CCCCCC1)c(=O)n2C. The van der Waals surface area contributed by atoms with Crippen molar-refractivity contribution >= 4 is 26.8 Å². The lowest BCUT2D eigenvalue weighted by Gasteiger charge is -2.21. The molecule has 0 spiro atoms. The first-order chi connectivity index (χ1) is 14.7. The van der Waals surface area contributed by atoms with Crippen molar-refractivity contribution in [3.63, 3.8) is 0 Å². The van der Waals surface area contributed by atoms with Crippen LogP contribution in [0.4, 0.5) is 0 Å². The van der Waals surface area contributed by atoms with Crippen molar-refractivity contribution in [1.82, 2.24) is 18.8 Å². The summed E-state index contributed by atoms with van der Waals surface area (Å²) in [6, 6.07) is 3.83. The molecule has 0 bridgehead atoms. The predicted octanol–water partition coefficient (Wildman–Crippen LogP) is 1.18. The number of carbonyl (C=O) groups excluding carboxylic acids is 1. The van der Waals surface area contributed by atoms with Crippen molar-refractivity contribution < 1.29 is 13.2 Å². The molecule has 1 aromatic heterocycles. The van der Waals surface area contributed by atoms with E-state index in [1.165, 1.54) is 29.8 Å². The molecule has 0 radical (unpaired) electrons. The fourth-order valence-corrected chi connectivity index (χ4v) is 5.13. The van der Waals surface area contributed by atoms with E-state index in [1.807, 2.05) is 6.92 Å². The maximum absolute atomic E-state index is 13.1. The smallest absolute Gasteiger partial charge is 0.331 e. The number of carbonyl (C=O) groups is 1. The van der Waals surface area contributed by atoms with Gasteiger partial charge < -0.3 is 4.90 Å². The molecule has 10 heteroatoms. The fraction of sp³-hybridized carbons (Fsp3) is 0.571. The van der Waals surface area contributed by atoms with Gasteiger partial charge in [0.2, 0.25) is 15.9 Å². The van der Waals surface area contributed by atoms with Gasteiger partial charge in [0.25, 0.3) is 5.56 Å². The maximum Gasteiger partial charge on any atom is 0.331 e. The molecule has 2 heterocycles. The van der Waals surface area contributed by atoms with Gasteiger partial charge in [0.1, 0.15) is 6.54 Å². The van der Waals surface area contributed by atoms with Crippen LogP contribution in [0.5, 0.6) is 0 Å². The molecule has 170 valence electrons. The van der Waals surface area contributed by atoms with Crippen LogP contribution in [-0.4, -0.2) is 47.5 Å². The van der Waals surface area contributed by atoms with Gasteiger partial charge >= 0.3 is 5.69 Å². The summed E-state index contributed by atoms with van der Waals surface area (Å²) in [5.74, 6) is -0.275. The number of benzene rings is 1. The van der Waals surface area contributed by atoms with Gasteiger partial charge in [0, 0.05) is 26.2 Å². The quantitative estimate of drug-likeness (QED) is 0.711. The van der Waals surface area contributed by atoms with Gasteiger partial charge in [-0.25, -0.2) is 17.9 Å². The molecule has 9 nitrogen and oxygen atoms in total. The minimum absolute atomic E-state index is 0.0542. The lowest BCUT2D eigenvalue weighted by Crippen LogP contribution is -2.44. The maximum atomic E-state index is 13.1. The molecule has 1 aliphatic rings. The van der Waals surface area contributed by atoms with Crippen LogP contribution in [0.3, 0.4) is 0 Å². The number of rotatable bonds is 6. The van der Waals surface area contributed by atoms with Crippen LogP contribution < -0.4 is 16.0 Å². The summed E-state index contributed by atoms with van der Waals surface area (Å²) in [5.41, 5.74) is -0.952. The van der Waals surface area contributed by atoms with Crippen LogP contribution in [0.25, 0.3) is 10.9 Å². The molecule has 2 aromatic rings. The number of aryl methyl sites for hydroxylation is 1. The van der Waals surface area contributed by atoms with Gasteiger partial charge in [-0.2, -0.15) is 0 Å². The van der Waals surface area contributed by atoms with Crippen LogP contribution in [0.1, 0.15) is 46.0 Å². The van der Waals surface area contributed by atoms with E-state index in [1.54, 1.807) is 11.8 Å². The Kier molecular flexibility index (Phi) is 7.00. The lowest BCUT2D eigenvalue weighted by atomic mass is 10.2. The number of hydrogen-bond donors (Lipinski definition) is 1. The number of aromatic nitrogens is 2. The minimum Gasteiger partial charge on any atom is -0.341 e. The summed E-state index contributed by atoms with van der Waals surface area (Å²) in [6.45, 7) is 4.49. The molecule has 31 heavy (non-hydrogen) atoms. The van der Waals surface area contributed by atoms with E-state index in [2.05, 4.69) is 4.72 Å². The molecule has 1 fully saturated rings. The van der Waals surface area contributed by atoms with Gasteiger partial charge in [-0.15, -0.1) is 0 Å². The van der Waals surface area contributed by atoms with Crippen LogP contribution in [0.15, 0.2) is 32.7 Å². The third-order valence-electron chi connectivity index (χ3n) is 5.85. The van der Waals surface area contributed by atoms with Gasteiger partial charge in [-0.3, -0.25) is 18.7 Å². The van der Waals surface area contributed by atoms with Crippen molar-refractivity contribution in [1.29, 1.82) is 0 Å². The summed E-state index contributed by atoms with van der Waals surface area (Å²) < 4.78 is 30.0. The molecular weight excluding hydrogens is 420 g/mol. The predicted molar refractivity (Wildman–Crippen MR) is 119 cm³/mol. The number of fused-ring (bicyclic) bond motifs is 1. The van der Waals surface area contributed by atoms with E-state index in [-0.39, 0.29) is 28.8 Å². The summed E-state index contributed by atoms with van der Waals surface area (Å²) in [7, 11) is -2.32. The molecule has 1 amide bonds. The van der Waals surface area contributed by atoms with E-state index in [0.717, 1.165) is 30.3 Å². The zero-order valence-electron chi connectivity index (χ0n) is 18.3. The summed E-state index contributed by atoms with van der Waals surface area (Å²) in [5, 5.41) is 0.0813. The number of amides is 1. The number of sulfonamides is 1. The molecule has 3 rings (SSSR count). The molecule has 0 aliphatic carbocycles. The average Bonchev–Trinajstić information content (AvgIpc) is 3.04. The first kappa shape index (κ1) is 23.2. The first-order valence-electron chi connectivity index (χ1n) is 10.7. The zero-order chi connectivity index (χ0) is 22.8. The van der Waals surface area contributed by atoms with E-state index < -0.39 is 21.3 Å². The highest BCUT2D eigenvalue weighted by Crippen LogP contribution is 2.16. The molecule has 0 saturated carbocycles. The van der Waals surface area contributed by atoms with E-state index >= 15 is 0 Å². The topological polar surface area (TPSA) is 110 Å². The molecule has 1 saturated heterocycles. The Morgan fingerprint density at radius 1 is 1.13 bits per heavy atom. The molecular formula is C21H30N4O5S. The Hall–Kier alpha value is -2.46. The summed E-state index contributed by atoms with van der Waals surface area (Å²) >= 11 is 0. The van der Waals surface area contributed by atoms with Crippen molar-refractivity contribution in [3.05, 3.63) is 39.0 Å².